The van der Waals surface area contributed by atoms with Gasteiger partial charge in [0.1, 0.15) is 5.82 Å². The summed E-state index contributed by atoms with van der Waals surface area (Å²) < 4.78 is 0. The predicted octanol–water partition coefficient (Wildman–Crippen LogP) is 2.27. The summed E-state index contributed by atoms with van der Waals surface area (Å²) in [7, 11) is 0. The average Bonchev–Trinajstić information content (AvgIpc) is 2.40. The molecule has 0 aliphatic carbocycles. The number of hydrogen-bond donors (Lipinski definition) is 2. The largest absolute Gasteiger partial charge is 0.326 e. The number of aromatic amines is 1. The van der Waals surface area contributed by atoms with Gasteiger partial charge in [0.2, 0.25) is 5.91 Å². The van der Waals surface area contributed by atoms with Crippen LogP contribution in [0.3, 0.4) is 0 Å². The van der Waals surface area contributed by atoms with Crippen LogP contribution < -0.4 is 10.9 Å². The summed E-state index contributed by atoms with van der Waals surface area (Å²) in [5.41, 5.74) is 2.90. The van der Waals surface area contributed by atoms with E-state index >= 15 is 0 Å². The van der Waals surface area contributed by atoms with Gasteiger partial charge in [-0.2, -0.15) is 0 Å². The number of benzene rings is 1. The minimum atomic E-state index is -0.163. The number of carbonyl (C=O) groups excluding carboxylic acids is 1. The molecule has 0 atom stereocenters. The first-order valence-electron chi connectivity index (χ1n) is 6.89. The number of aryl methyl sites for hydroxylation is 3. The van der Waals surface area contributed by atoms with Crippen LogP contribution in [0.4, 0.5) is 5.69 Å². The van der Waals surface area contributed by atoms with Gasteiger partial charge in [0.25, 0.3) is 5.56 Å². The molecule has 2 aromatic rings. The normalized spacial score (nSPS) is 10.4. The molecule has 1 aromatic carbocycles. The first kappa shape index (κ1) is 15.0. The van der Waals surface area contributed by atoms with Crippen LogP contribution in [0.15, 0.2) is 29.1 Å². The average molecular weight is 285 g/mol. The molecule has 0 aliphatic heterocycles. The maximum absolute atomic E-state index is 12.0. The van der Waals surface area contributed by atoms with Crippen LogP contribution >= 0.6 is 0 Å². The summed E-state index contributed by atoms with van der Waals surface area (Å²) in [6, 6.07) is 7.60. The zero-order valence-corrected chi connectivity index (χ0v) is 12.5. The van der Waals surface area contributed by atoms with Crippen LogP contribution in [0, 0.1) is 20.8 Å². The van der Waals surface area contributed by atoms with Gasteiger partial charge in [-0.25, -0.2) is 4.98 Å². The highest BCUT2D eigenvalue weighted by atomic mass is 16.1. The first-order chi connectivity index (χ1) is 9.97. The van der Waals surface area contributed by atoms with E-state index in [0.29, 0.717) is 23.5 Å². The van der Waals surface area contributed by atoms with Gasteiger partial charge < -0.3 is 10.3 Å². The van der Waals surface area contributed by atoms with Crippen LogP contribution in [0.25, 0.3) is 0 Å². The molecule has 21 heavy (non-hydrogen) atoms. The lowest BCUT2D eigenvalue weighted by atomic mass is 10.1. The van der Waals surface area contributed by atoms with Crippen molar-refractivity contribution in [2.24, 2.45) is 0 Å². The summed E-state index contributed by atoms with van der Waals surface area (Å²) in [5.74, 6) is 0.481. The Hall–Kier alpha value is -2.43. The zero-order chi connectivity index (χ0) is 15.4. The molecule has 0 bridgehead atoms. The van der Waals surface area contributed by atoms with Crippen LogP contribution in [-0.4, -0.2) is 15.9 Å². The lowest BCUT2D eigenvalue weighted by molar-refractivity contribution is -0.116. The third-order valence-corrected chi connectivity index (χ3v) is 3.36. The van der Waals surface area contributed by atoms with Crippen LogP contribution in [0.5, 0.6) is 0 Å². The van der Waals surface area contributed by atoms with Crippen molar-refractivity contribution in [3.63, 3.8) is 0 Å². The van der Waals surface area contributed by atoms with E-state index in [9.17, 15) is 9.59 Å². The molecular weight excluding hydrogens is 266 g/mol. The SMILES string of the molecule is Cc1nc(C)c(CCC(=O)Nc2ccccc2C)c(=O)[nH]1. The number of hydrogen-bond acceptors (Lipinski definition) is 3. The highest BCUT2D eigenvalue weighted by Crippen LogP contribution is 2.13. The zero-order valence-electron chi connectivity index (χ0n) is 12.5. The van der Waals surface area contributed by atoms with Crippen molar-refractivity contribution in [1.82, 2.24) is 9.97 Å². The minimum Gasteiger partial charge on any atom is -0.326 e. The smallest absolute Gasteiger partial charge is 0.254 e. The van der Waals surface area contributed by atoms with E-state index in [1.165, 1.54) is 0 Å². The minimum absolute atomic E-state index is 0.108. The molecule has 0 saturated carbocycles. The predicted molar refractivity (Wildman–Crippen MR) is 82.5 cm³/mol. The van der Waals surface area contributed by atoms with E-state index in [4.69, 9.17) is 0 Å². The third kappa shape index (κ3) is 3.78. The fourth-order valence-electron chi connectivity index (χ4n) is 2.21. The van der Waals surface area contributed by atoms with Crippen molar-refractivity contribution in [3.05, 3.63) is 57.3 Å². The third-order valence-electron chi connectivity index (χ3n) is 3.36. The number of aromatic nitrogens is 2. The maximum Gasteiger partial charge on any atom is 0.254 e. The molecule has 2 N–H and O–H groups in total. The Labute approximate surface area is 123 Å². The van der Waals surface area contributed by atoms with Crippen molar-refractivity contribution < 1.29 is 4.79 Å². The quantitative estimate of drug-likeness (QED) is 0.905. The molecule has 110 valence electrons. The summed E-state index contributed by atoms with van der Waals surface area (Å²) >= 11 is 0. The Morgan fingerprint density at radius 3 is 2.62 bits per heavy atom. The molecule has 5 nitrogen and oxygen atoms in total. The summed E-state index contributed by atoms with van der Waals surface area (Å²) in [6.07, 6.45) is 0.634. The van der Waals surface area contributed by atoms with Crippen molar-refractivity contribution >= 4 is 11.6 Å². The fourth-order valence-corrected chi connectivity index (χ4v) is 2.21. The molecular formula is C16H19N3O2. The van der Waals surface area contributed by atoms with E-state index in [1.54, 1.807) is 13.8 Å². The lowest BCUT2D eigenvalue weighted by Crippen LogP contribution is -2.20. The number of H-pyrrole nitrogens is 1. The summed E-state index contributed by atoms with van der Waals surface area (Å²) in [4.78, 5) is 30.7. The number of para-hydroxylation sites is 1. The molecule has 0 radical (unpaired) electrons. The van der Waals surface area contributed by atoms with E-state index in [0.717, 1.165) is 11.3 Å². The van der Waals surface area contributed by atoms with E-state index in [-0.39, 0.29) is 17.9 Å². The molecule has 1 aromatic heterocycles. The number of anilines is 1. The summed E-state index contributed by atoms with van der Waals surface area (Å²) in [5, 5.41) is 2.86. The molecule has 1 amide bonds. The monoisotopic (exact) mass is 285 g/mol. The Kier molecular flexibility index (Phi) is 4.52. The van der Waals surface area contributed by atoms with Gasteiger partial charge in [-0.1, -0.05) is 18.2 Å². The highest BCUT2D eigenvalue weighted by Gasteiger charge is 2.10. The van der Waals surface area contributed by atoms with E-state index < -0.39 is 0 Å². The van der Waals surface area contributed by atoms with Crippen LogP contribution in [0.1, 0.15) is 29.1 Å². The molecule has 2 rings (SSSR count). The van der Waals surface area contributed by atoms with Gasteiger partial charge in [-0.15, -0.1) is 0 Å². The van der Waals surface area contributed by atoms with Crippen molar-refractivity contribution in [2.75, 3.05) is 5.32 Å². The maximum atomic E-state index is 12.0. The highest BCUT2D eigenvalue weighted by molar-refractivity contribution is 5.91. The van der Waals surface area contributed by atoms with Gasteiger partial charge in [0, 0.05) is 23.4 Å². The fraction of sp³-hybridized carbons (Fsp3) is 0.312. The number of nitrogens with one attached hydrogen (secondary N) is 2. The topological polar surface area (TPSA) is 74.8 Å². The molecule has 0 fully saturated rings. The van der Waals surface area contributed by atoms with Crippen LogP contribution in [0.2, 0.25) is 0 Å². The molecule has 0 saturated heterocycles. The second-order valence-corrected chi connectivity index (χ2v) is 5.08. The van der Waals surface area contributed by atoms with Gasteiger partial charge in [-0.05, 0) is 38.8 Å². The van der Waals surface area contributed by atoms with Crippen molar-refractivity contribution in [3.8, 4) is 0 Å². The van der Waals surface area contributed by atoms with E-state index in [2.05, 4.69) is 15.3 Å². The van der Waals surface area contributed by atoms with Crippen LogP contribution in [-0.2, 0) is 11.2 Å². The molecule has 1 heterocycles. The second kappa shape index (κ2) is 6.35. The standard InChI is InChI=1S/C16H19N3O2/c1-10-6-4-5-7-14(10)19-15(20)9-8-13-11(2)17-12(3)18-16(13)21/h4-7H,8-9H2,1-3H3,(H,19,20)(H,17,18,21). The van der Waals surface area contributed by atoms with Gasteiger partial charge >= 0.3 is 0 Å². The molecule has 0 aliphatic rings. The van der Waals surface area contributed by atoms with Crippen molar-refractivity contribution in [2.45, 2.75) is 33.6 Å². The lowest BCUT2D eigenvalue weighted by Gasteiger charge is -2.08. The van der Waals surface area contributed by atoms with Gasteiger partial charge in [-0.3, -0.25) is 9.59 Å². The van der Waals surface area contributed by atoms with Crippen molar-refractivity contribution in [1.29, 1.82) is 0 Å². The Bertz CT molecular complexity index is 720. The Balaban J connectivity index is 2.02. The van der Waals surface area contributed by atoms with E-state index in [1.807, 2.05) is 31.2 Å². The number of carbonyl (C=O) groups is 1. The Morgan fingerprint density at radius 1 is 1.24 bits per heavy atom. The second-order valence-electron chi connectivity index (χ2n) is 5.08. The number of nitrogens with zero attached hydrogens (tertiary/aromatic N) is 1. The molecule has 5 heteroatoms. The molecule has 0 spiro atoms. The Morgan fingerprint density at radius 2 is 1.95 bits per heavy atom. The number of rotatable bonds is 4. The molecule has 0 unspecified atom stereocenters. The van der Waals surface area contributed by atoms with Gasteiger partial charge in [0.05, 0.1) is 0 Å². The first-order valence-corrected chi connectivity index (χ1v) is 6.89. The summed E-state index contributed by atoms with van der Waals surface area (Å²) in [6.45, 7) is 5.47. The number of amides is 1. The van der Waals surface area contributed by atoms with Gasteiger partial charge in [0.15, 0.2) is 0 Å².